The van der Waals surface area contributed by atoms with Crippen LogP contribution in [0.5, 0.6) is 0 Å². The fourth-order valence-electron chi connectivity index (χ4n) is 1.77. The molecule has 1 rings (SSSR count). The van der Waals surface area contributed by atoms with Crippen molar-refractivity contribution in [1.82, 2.24) is 10.6 Å². The molecule has 7 heteroatoms. The van der Waals surface area contributed by atoms with Crippen molar-refractivity contribution in [3.8, 4) is 6.07 Å². The van der Waals surface area contributed by atoms with Crippen molar-refractivity contribution in [2.75, 3.05) is 20.3 Å². The number of rotatable bonds is 6. The third-order valence-corrected chi connectivity index (χ3v) is 2.73. The number of methoxy groups -OCH3 is 1. The Kier molecular flexibility index (Phi) is 10.5. The lowest BCUT2D eigenvalue weighted by atomic mass is 10.1. The topological polar surface area (TPSA) is 69.4 Å². The first-order valence-corrected chi connectivity index (χ1v) is 6.83. The molecule has 0 aliphatic carbocycles. The van der Waals surface area contributed by atoms with Crippen molar-refractivity contribution in [2.24, 2.45) is 4.99 Å². The van der Waals surface area contributed by atoms with Crippen molar-refractivity contribution in [3.63, 3.8) is 0 Å². The van der Waals surface area contributed by atoms with Gasteiger partial charge < -0.3 is 15.4 Å². The molecule has 0 aliphatic heterocycles. The number of halogens is 2. The molecule has 0 amide bonds. The zero-order chi connectivity index (χ0) is 15.7. The summed E-state index contributed by atoms with van der Waals surface area (Å²) in [5.41, 5.74) is 0.818. The second kappa shape index (κ2) is 11.2. The Morgan fingerprint density at radius 3 is 2.82 bits per heavy atom. The number of nitrogens with one attached hydrogen (secondary N) is 2. The van der Waals surface area contributed by atoms with E-state index < -0.39 is 0 Å². The lowest BCUT2D eigenvalue weighted by molar-refractivity contribution is 0.179. The van der Waals surface area contributed by atoms with Crippen molar-refractivity contribution in [2.45, 2.75) is 26.4 Å². The highest BCUT2D eigenvalue weighted by Gasteiger charge is 2.06. The Morgan fingerprint density at radius 1 is 1.50 bits per heavy atom. The van der Waals surface area contributed by atoms with Gasteiger partial charge in [-0.2, -0.15) is 5.26 Å². The molecule has 0 spiro atoms. The molecule has 1 atom stereocenters. The van der Waals surface area contributed by atoms with Gasteiger partial charge in [-0.25, -0.2) is 9.38 Å². The molecule has 1 aromatic carbocycles. The molecule has 1 unspecified atom stereocenters. The first-order chi connectivity index (χ1) is 10.1. The molecule has 0 bridgehead atoms. The van der Waals surface area contributed by atoms with Gasteiger partial charge in [0, 0.05) is 25.3 Å². The minimum absolute atomic E-state index is 0. The lowest BCUT2D eigenvalue weighted by Crippen LogP contribution is -2.43. The molecule has 0 aromatic heterocycles. The normalized spacial score (nSPS) is 12.0. The van der Waals surface area contributed by atoms with Crippen LogP contribution in [0, 0.1) is 17.1 Å². The predicted molar refractivity (Wildman–Crippen MR) is 95.8 cm³/mol. The second-order valence-electron chi connectivity index (χ2n) is 4.61. The van der Waals surface area contributed by atoms with E-state index in [0.29, 0.717) is 30.2 Å². The molecule has 0 saturated carbocycles. The highest BCUT2D eigenvalue weighted by Crippen LogP contribution is 2.11. The van der Waals surface area contributed by atoms with E-state index in [2.05, 4.69) is 15.6 Å². The number of ether oxygens (including phenoxy) is 1. The fraction of sp³-hybridized carbons (Fsp3) is 0.467. The Bertz CT molecular complexity index is 531. The molecule has 5 nitrogen and oxygen atoms in total. The number of nitrogens with zero attached hydrogens (tertiary/aromatic N) is 2. The SMILES string of the molecule is CCNC(=NCc1cc(C#N)ccc1F)NC(C)COC.I. The highest BCUT2D eigenvalue weighted by molar-refractivity contribution is 14.0. The van der Waals surface area contributed by atoms with Gasteiger partial charge in [-0.3, -0.25) is 0 Å². The molecule has 0 fully saturated rings. The Balaban J connectivity index is 0.00000441. The van der Waals surface area contributed by atoms with Gasteiger partial charge in [0.2, 0.25) is 0 Å². The number of hydrogen-bond acceptors (Lipinski definition) is 3. The van der Waals surface area contributed by atoms with Gasteiger partial charge in [-0.05, 0) is 32.0 Å². The molecule has 0 saturated heterocycles. The standard InChI is InChI=1S/C15H21FN4O.HI/c1-4-18-15(20-11(2)10-21-3)19-9-13-7-12(8-17)5-6-14(13)16;/h5-7,11H,4,9-10H2,1-3H3,(H2,18,19,20);1H. The van der Waals surface area contributed by atoms with Crippen LogP contribution >= 0.6 is 24.0 Å². The number of guanidine groups is 1. The fourth-order valence-corrected chi connectivity index (χ4v) is 1.77. The first kappa shape index (κ1) is 20.6. The minimum atomic E-state index is -0.362. The number of hydrogen-bond donors (Lipinski definition) is 2. The Hall–Kier alpha value is -1.40. The molecule has 0 heterocycles. The summed E-state index contributed by atoms with van der Waals surface area (Å²) in [6.45, 7) is 5.33. The van der Waals surface area contributed by atoms with Crippen LogP contribution in [-0.4, -0.2) is 32.3 Å². The van der Waals surface area contributed by atoms with Crippen LogP contribution in [0.4, 0.5) is 4.39 Å². The van der Waals surface area contributed by atoms with Crippen LogP contribution in [0.2, 0.25) is 0 Å². The summed E-state index contributed by atoms with van der Waals surface area (Å²) in [6, 6.07) is 6.33. The summed E-state index contributed by atoms with van der Waals surface area (Å²) in [5, 5.41) is 15.1. The molecule has 0 radical (unpaired) electrons. The van der Waals surface area contributed by atoms with Gasteiger partial charge >= 0.3 is 0 Å². The number of benzene rings is 1. The average molecular weight is 420 g/mol. The van der Waals surface area contributed by atoms with Gasteiger partial charge in [0.05, 0.1) is 24.8 Å². The minimum Gasteiger partial charge on any atom is -0.383 e. The van der Waals surface area contributed by atoms with E-state index in [1.165, 1.54) is 18.2 Å². The summed E-state index contributed by atoms with van der Waals surface area (Å²) in [4.78, 5) is 4.33. The maximum Gasteiger partial charge on any atom is 0.191 e. The number of aliphatic imine (C=N–C) groups is 1. The van der Waals surface area contributed by atoms with Crippen LogP contribution in [0.15, 0.2) is 23.2 Å². The quantitative estimate of drug-likeness (QED) is 0.422. The van der Waals surface area contributed by atoms with Crippen molar-refractivity contribution in [1.29, 1.82) is 5.26 Å². The molecule has 122 valence electrons. The molecule has 0 aliphatic rings. The summed E-state index contributed by atoms with van der Waals surface area (Å²) < 4.78 is 18.7. The Morgan fingerprint density at radius 2 is 2.23 bits per heavy atom. The number of nitriles is 1. The summed E-state index contributed by atoms with van der Waals surface area (Å²) in [6.07, 6.45) is 0. The van der Waals surface area contributed by atoms with Crippen LogP contribution in [0.1, 0.15) is 25.0 Å². The average Bonchev–Trinajstić information content (AvgIpc) is 2.46. The predicted octanol–water partition coefficient (Wildman–Crippen LogP) is 2.41. The van der Waals surface area contributed by atoms with Crippen LogP contribution in [0.25, 0.3) is 0 Å². The van der Waals surface area contributed by atoms with Gasteiger partial charge in [0.15, 0.2) is 5.96 Å². The van der Waals surface area contributed by atoms with Crippen LogP contribution < -0.4 is 10.6 Å². The van der Waals surface area contributed by atoms with E-state index in [-0.39, 0.29) is 42.4 Å². The van der Waals surface area contributed by atoms with Crippen LogP contribution in [-0.2, 0) is 11.3 Å². The van der Waals surface area contributed by atoms with E-state index in [1.807, 2.05) is 19.9 Å². The van der Waals surface area contributed by atoms with Crippen LogP contribution in [0.3, 0.4) is 0 Å². The van der Waals surface area contributed by atoms with E-state index in [0.717, 1.165) is 0 Å². The maximum absolute atomic E-state index is 13.7. The summed E-state index contributed by atoms with van der Waals surface area (Å²) in [5.74, 6) is 0.224. The molecule has 22 heavy (non-hydrogen) atoms. The van der Waals surface area contributed by atoms with Crippen molar-refractivity contribution < 1.29 is 9.13 Å². The third kappa shape index (κ3) is 7.04. The van der Waals surface area contributed by atoms with Crippen molar-refractivity contribution >= 4 is 29.9 Å². The second-order valence-corrected chi connectivity index (χ2v) is 4.61. The van der Waals surface area contributed by atoms with E-state index in [1.54, 1.807) is 7.11 Å². The smallest absolute Gasteiger partial charge is 0.191 e. The van der Waals surface area contributed by atoms with Gasteiger partial charge in [0.1, 0.15) is 5.82 Å². The molecular weight excluding hydrogens is 398 g/mol. The molecule has 2 N–H and O–H groups in total. The first-order valence-electron chi connectivity index (χ1n) is 6.83. The third-order valence-electron chi connectivity index (χ3n) is 2.73. The zero-order valence-corrected chi connectivity index (χ0v) is 15.3. The van der Waals surface area contributed by atoms with Gasteiger partial charge in [-0.15, -0.1) is 24.0 Å². The highest BCUT2D eigenvalue weighted by atomic mass is 127. The van der Waals surface area contributed by atoms with E-state index in [4.69, 9.17) is 10.00 Å². The van der Waals surface area contributed by atoms with Crippen molar-refractivity contribution in [3.05, 3.63) is 35.1 Å². The maximum atomic E-state index is 13.7. The summed E-state index contributed by atoms with van der Waals surface area (Å²) >= 11 is 0. The Labute approximate surface area is 148 Å². The molecular formula is C15H22FIN4O. The van der Waals surface area contributed by atoms with E-state index in [9.17, 15) is 4.39 Å². The van der Waals surface area contributed by atoms with Gasteiger partial charge in [-0.1, -0.05) is 0 Å². The molecule has 1 aromatic rings. The van der Waals surface area contributed by atoms with Gasteiger partial charge in [0.25, 0.3) is 0 Å². The monoisotopic (exact) mass is 420 g/mol. The summed E-state index contributed by atoms with van der Waals surface area (Å²) in [7, 11) is 1.63. The lowest BCUT2D eigenvalue weighted by Gasteiger charge is -2.17. The largest absolute Gasteiger partial charge is 0.383 e. The zero-order valence-electron chi connectivity index (χ0n) is 13.0. The van der Waals surface area contributed by atoms with E-state index >= 15 is 0 Å².